The van der Waals surface area contributed by atoms with Gasteiger partial charge in [0.1, 0.15) is 0 Å². The molecule has 2 saturated carbocycles. The number of nitrogens with two attached hydrogens (primary N) is 1. The van der Waals surface area contributed by atoms with Gasteiger partial charge in [-0.3, -0.25) is 9.59 Å². The average molecular weight is 449 g/mol. The first-order valence-corrected chi connectivity index (χ1v) is 12.3. The minimum Gasteiger partial charge on any atom is -0.397 e. The predicted molar refractivity (Wildman–Crippen MR) is 127 cm³/mol. The molecule has 31 heavy (non-hydrogen) atoms. The first-order chi connectivity index (χ1) is 15.0. The maximum atomic E-state index is 12.9. The highest BCUT2D eigenvalue weighted by Gasteiger charge is 2.36. The number of piperazine rings is 1. The van der Waals surface area contributed by atoms with E-state index in [-0.39, 0.29) is 17.7 Å². The van der Waals surface area contributed by atoms with Crippen LogP contribution in [0.15, 0.2) is 18.2 Å². The van der Waals surface area contributed by atoms with Crippen molar-refractivity contribution in [1.29, 1.82) is 0 Å². The fourth-order valence-corrected chi connectivity index (χ4v) is 4.72. The smallest absolute Gasteiger partial charge is 0.225 e. The Bertz CT molecular complexity index is 752. The standard InChI is InChI=1S/C22H31ClN4O2.C2H6/c23-18-7-8-19(24)20(13-18)25-14-15-1-3-16(4-2-15)21(28)26-9-11-27(12-10-26)22(29)17-5-6-17;1-2/h7-8,13,15-17,25H,1-6,9-12,14,24H2;1-2H3. The first kappa shape index (κ1) is 23.7. The zero-order chi connectivity index (χ0) is 22.4. The molecule has 0 aromatic heterocycles. The lowest BCUT2D eigenvalue weighted by atomic mass is 9.81. The summed E-state index contributed by atoms with van der Waals surface area (Å²) in [6.45, 7) is 7.62. The van der Waals surface area contributed by atoms with Gasteiger partial charge >= 0.3 is 0 Å². The molecule has 2 amide bonds. The fraction of sp³-hybridized carbons (Fsp3) is 0.667. The van der Waals surface area contributed by atoms with E-state index in [0.717, 1.165) is 50.8 Å². The quantitative estimate of drug-likeness (QED) is 0.660. The highest BCUT2D eigenvalue weighted by Crippen LogP contribution is 2.33. The van der Waals surface area contributed by atoms with Crippen LogP contribution in [0, 0.1) is 17.8 Å². The van der Waals surface area contributed by atoms with E-state index in [1.165, 1.54) is 0 Å². The maximum Gasteiger partial charge on any atom is 0.225 e. The number of halogens is 1. The highest BCUT2D eigenvalue weighted by atomic mass is 35.5. The zero-order valence-corrected chi connectivity index (χ0v) is 19.7. The molecule has 3 N–H and O–H groups in total. The van der Waals surface area contributed by atoms with E-state index in [1.54, 1.807) is 6.07 Å². The number of nitrogen functional groups attached to an aromatic ring is 1. The third kappa shape index (κ3) is 6.28. The molecule has 0 radical (unpaired) electrons. The second-order valence-corrected chi connectivity index (χ2v) is 9.19. The largest absolute Gasteiger partial charge is 0.397 e. The van der Waals surface area contributed by atoms with Gasteiger partial charge in [-0.1, -0.05) is 25.4 Å². The predicted octanol–water partition coefficient (Wildman–Crippen LogP) is 4.25. The van der Waals surface area contributed by atoms with Crippen molar-refractivity contribution in [1.82, 2.24) is 9.80 Å². The van der Waals surface area contributed by atoms with E-state index in [9.17, 15) is 9.59 Å². The van der Waals surface area contributed by atoms with Crippen LogP contribution in [-0.4, -0.2) is 54.3 Å². The van der Waals surface area contributed by atoms with Gasteiger partial charge in [0.25, 0.3) is 0 Å². The van der Waals surface area contributed by atoms with Crippen LogP contribution in [0.5, 0.6) is 0 Å². The Hall–Kier alpha value is -1.95. The van der Waals surface area contributed by atoms with Crippen molar-refractivity contribution >= 4 is 34.8 Å². The van der Waals surface area contributed by atoms with Crippen LogP contribution in [0.4, 0.5) is 11.4 Å². The molecule has 2 aliphatic carbocycles. The summed E-state index contributed by atoms with van der Waals surface area (Å²) in [6, 6.07) is 5.47. The van der Waals surface area contributed by atoms with Gasteiger partial charge in [0.2, 0.25) is 11.8 Å². The number of nitrogens with one attached hydrogen (secondary N) is 1. The molecule has 172 valence electrons. The summed E-state index contributed by atoms with van der Waals surface area (Å²) in [5, 5.41) is 4.09. The molecule has 0 bridgehead atoms. The van der Waals surface area contributed by atoms with Gasteiger partial charge in [0.05, 0.1) is 11.4 Å². The molecule has 3 aliphatic rings. The molecule has 1 aromatic rings. The van der Waals surface area contributed by atoms with Gasteiger partial charge in [-0.15, -0.1) is 0 Å². The number of hydrogen-bond donors (Lipinski definition) is 2. The molecule has 0 atom stereocenters. The number of hydrogen-bond acceptors (Lipinski definition) is 4. The van der Waals surface area contributed by atoms with Gasteiger partial charge in [-0.2, -0.15) is 0 Å². The Labute approximate surface area is 191 Å². The zero-order valence-electron chi connectivity index (χ0n) is 18.9. The van der Waals surface area contributed by atoms with Crippen LogP contribution in [0.2, 0.25) is 5.02 Å². The Morgan fingerprint density at radius 3 is 1.90 bits per heavy atom. The van der Waals surface area contributed by atoms with Crippen LogP contribution >= 0.6 is 11.6 Å². The second-order valence-electron chi connectivity index (χ2n) is 8.75. The van der Waals surface area contributed by atoms with Crippen molar-refractivity contribution in [3.63, 3.8) is 0 Å². The lowest BCUT2D eigenvalue weighted by molar-refractivity contribution is -0.143. The van der Waals surface area contributed by atoms with Crippen LogP contribution in [-0.2, 0) is 9.59 Å². The summed E-state index contributed by atoms with van der Waals surface area (Å²) in [5.74, 6) is 1.53. The minimum absolute atomic E-state index is 0.133. The fourth-order valence-electron chi connectivity index (χ4n) is 4.54. The summed E-state index contributed by atoms with van der Waals surface area (Å²) >= 11 is 6.05. The minimum atomic E-state index is 0.133. The number of carbonyl (C=O) groups is 2. The molecular formula is C24H37ClN4O2. The summed E-state index contributed by atoms with van der Waals surface area (Å²) in [7, 11) is 0. The maximum absolute atomic E-state index is 12.9. The number of anilines is 2. The van der Waals surface area contributed by atoms with Crippen molar-refractivity contribution in [2.45, 2.75) is 52.4 Å². The molecule has 3 fully saturated rings. The molecule has 0 unspecified atom stereocenters. The molecule has 7 heteroatoms. The third-order valence-electron chi connectivity index (χ3n) is 6.62. The molecule has 1 aromatic carbocycles. The van der Waals surface area contributed by atoms with Crippen LogP contribution in [0.25, 0.3) is 0 Å². The van der Waals surface area contributed by atoms with Crippen molar-refractivity contribution in [3.8, 4) is 0 Å². The average Bonchev–Trinajstić information content (AvgIpc) is 3.66. The van der Waals surface area contributed by atoms with E-state index in [2.05, 4.69) is 5.32 Å². The monoisotopic (exact) mass is 448 g/mol. The van der Waals surface area contributed by atoms with Gasteiger partial charge < -0.3 is 20.9 Å². The molecule has 4 rings (SSSR count). The Morgan fingerprint density at radius 2 is 1.42 bits per heavy atom. The number of nitrogens with zero attached hydrogens (tertiary/aromatic N) is 2. The summed E-state index contributed by atoms with van der Waals surface area (Å²) in [4.78, 5) is 29.0. The number of rotatable bonds is 5. The van der Waals surface area contributed by atoms with E-state index >= 15 is 0 Å². The van der Waals surface area contributed by atoms with E-state index < -0.39 is 0 Å². The van der Waals surface area contributed by atoms with Crippen LogP contribution in [0.3, 0.4) is 0 Å². The number of benzene rings is 1. The van der Waals surface area contributed by atoms with Crippen molar-refractivity contribution < 1.29 is 9.59 Å². The normalized spacial score (nSPS) is 23.6. The van der Waals surface area contributed by atoms with Crippen molar-refractivity contribution in [2.75, 3.05) is 43.8 Å². The lowest BCUT2D eigenvalue weighted by Gasteiger charge is -2.38. The van der Waals surface area contributed by atoms with E-state index in [4.69, 9.17) is 17.3 Å². The van der Waals surface area contributed by atoms with Crippen molar-refractivity contribution in [3.05, 3.63) is 23.2 Å². The molecular weight excluding hydrogens is 412 g/mol. The summed E-state index contributed by atoms with van der Waals surface area (Å²) in [5.41, 5.74) is 7.59. The highest BCUT2D eigenvalue weighted by molar-refractivity contribution is 6.31. The van der Waals surface area contributed by atoms with Crippen molar-refractivity contribution in [2.24, 2.45) is 17.8 Å². The van der Waals surface area contributed by atoms with Gasteiger partial charge in [-0.05, 0) is 62.6 Å². The van der Waals surface area contributed by atoms with Crippen LogP contribution in [0.1, 0.15) is 52.4 Å². The summed E-state index contributed by atoms with van der Waals surface area (Å²) < 4.78 is 0. The number of amides is 2. The molecule has 1 saturated heterocycles. The number of carbonyl (C=O) groups excluding carboxylic acids is 2. The molecule has 1 heterocycles. The summed E-state index contributed by atoms with van der Waals surface area (Å²) in [6.07, 6.45) is 6.06. The third-order valence-corrected chi connectivity index (χ3v) is 6.86. The SMILES string of the molecule is CC.Nc1ccc(Cl)cc1NCC1CCC(C(=O)N2CCN(C(=O)C3CC3)CC2)CC1. The van der Waals surface area contributed by atoms with E-state index in [1.807, 2.05) is 35.8 Å². The van der Waals surface area contributed by atoms with Gasteiger partial charge in [0.15, 0.2) is 0 Å². The molecule has 0 spiro atoms. The van der Waals surface area contributed by atoms with Gasteiger partial charge in [-0.25, -0.2) is 0 Å². The van der Waals surface area contributed by atoms with Crippen LogP contribution < -0.4 is 11.1 Å². The van der Waals surface area contributed by atoms with E-state index in [0.29, 0.717) is 48.7 Å². The lowest BCUT2D eigenvalue weighted by Crippen LogP contribution is -2.52. The first-order valence-electron chi connectivity index (χ1n) is 11.9. The second kappa shape index (κ2) is 11.1. The Kier molecular flexibility index (Phi) is 8.47. The van der Waals surface area contributed by atoms with Gasteiger partial charge in [0, 0.05) is 49.6 Å². The molecule has 6 nitrogen and oxygen atoms in total. The molecule has 1 aliphatic heterocycles. The Balaban J connectivity index is 0.00000132. The topological polar surface area (TPSA) is 78.7 Å². The Morgan fingerprint density at radius 1 is 0.935 bits per heavy atom.